The quantitative estimate of drug-likeness (QED) is 0.848. The Bertz CT molecular complexity index is 365. The molecule has 1 rings (SSSR count). The number of aryl methyl sites for hydroxylation is 2. The first-order valence-corrected chi connectivity index (χ1v) is 6.10. The van der Waals surface area contributed by atoms with E-state index in [-0.39, 0.29) is 4.75 Å². The topological polar surface area (TPSA) is 46.9 Å². The third-order valence-corrected chi connectivity index (χ3v) is 3.53. The van der Waals surface area contributed by atoms with Crippen LogP contribution in [0.25, 0.3) is 0 Å². The average molecular weight is 229 g/mol. The molecular weight excluding hydrogens is 210 g/mol. The van der Waals surface area contributed by atoms with Crippen LogP contribution in [-0.4, -0.2) is 18.5 Å². The van der Waals surface area contributed by atoms with E-state index in [4.69, 9.17) is 0 Å². The Morgan fingerprint density at radius 1 is 1.53 bits per heavy atom. The lowest BCUT2D eigenvalue weighted by Gasteiger charge is -2.17. The van der Waals surface area contributed by atoms with E-state index in [1.807, 2.05) is 45.5 Å². The van der Waals surface area contributed by atoms with Crippen LogP contribution in [0.1, 0.15) is 32.3 Å². The summed E-state index contributed by atoms with van der Waals surface area (Å²) in [6, 6.07) is 0. The van der Waals surface area contributed by atoms with Gasteiger partial charge in [-0.3, -0.25) is 0 Å². The van der Waals surface area contributed by atoms with Crippen LogP contribution in [0.15, 0.2) is 6.20 Å². The number of nitrogens with one attached hydrogen (secondary N) is 1. The van der Waals surface area contributed by atoms with Gasteiger partial charge in [-0.25, -0.2) is 13.9 Å². The molecule has 0 aliphatic carbocycles. The van der Waals surface area contributed by atoms with E-state index in [0.717, 1.165) is 11.5 Å². The van der Waals surface area contributed by atoms with E-state index >= 15 is 0 Å². The average Bonchev–Trinajstić information content (AvgIpc) is 2.39. The van der Waals surface area contributed by atoms with Gasteiger partial charge in [0.15, 0.2) is 0 Å². The first-order valence-electron chi connectivity index (χ1n) is 4.95. The molecule has 1 N–H and O–H groups in total. The second-order valence-corrected chi connectivity index (χ2v) is 6.66. The number of hydrogen-bond acceptors (Lipinski definition) is 2. The highest BCUT2D eigenvalue weighted by Gasteiger charge is 2.19. The normalized spacial score (nSPS) is 14.2. The fraction of sp³-hybridized carbons (Fsp3) is 0.700. The number of imidazole rings is 1. The number of rotatable bonds is 3. The monoisotopic (exact) mass is 229 g/mol. The molecule has 0 radical (unpaired) electrons. The van der Waals surface area contributed by atoms with Crippen LogP contribution in [0.4, 0.5) is 0 Å². The Balaban J connectivity index is 2.58. The summed E-state index contributed by atoms with van der Waals surface area (Å²) in [5.41, 5.74) is 0.982. The van der Waals surface area contributed by atoms with Gasteiger partial charge in [0.25, 0.3) is 0 Å². The lowest BCUT2D eigenvalue weighted by Crippen LogP contribution is -2.33. The van der Waals surface area contributed by atoms with Crippen LogP contribution in [-0.2, 0) is 24.6 Å². The molecule has 1 aromatic rings. The lowest BCUT2D eigenvalue weighted by atomic mass is 10.3. The van der Waals surface area contributed by atoms with Crippen molar-refractivity contribution in [2.75, 3.05) is 0 Å². The molecule has 0 amide bonds. The van der Waals surface area contributed by atoms with Gasteiger partial charge < -0.3 is 4.57 Å². The minimum atomic E-state index is -1.04. The van der Waals surface area contributed by atoms with Crippen LogP contribution >= 0.6 is 0 Å². The van der Waals surface area contributed by atoms with Crippen molar-refractivity contribution in [2.45, 2.75) is 39.0 Å². The van der Waals surface area contributed by atoms with Gasteiger partial charge in [0.2, 0.25) is 0 Å². The Morgan fingerprint density at radius 3 is 2.53 bits per heavy atom. The summed E-state index contributed by atoms with van der Waals surface area (Å²) in [5, 5.41) is 0. The van der Waals surface area contributed by atoms with Crippen LogP contribution in [0.2, 0.25) is 0 Å². The maximum absolute atomic E-state index is 11.7. The van der Waals surface area contributed by atoms with Gasteiger partial charge in [-0.1, -0.05) is 0 Å². The van der Waals surface area contributed by atoms with E-state index in [2.05, 4.69) is 9.71 Å². The number of nitrogens with zero attached hydrogens (tertiary/aromatic N) is 2. The Kier molecular flexibility index (Phi) is 3.67. The fourth-order valence-electron chi connectivity index (χ4n) is 1.18. The molecule has 5 heteroatoms. The summed E-state index contributed by atoms with van der Waals surface area (Å²) < 4.78 is 16.4. The maximum atomic E-state index is 11.7. The first-order chi connectivity index (χ1) is 6.80. The summed E-state index contributed by atoms with van der Waals surface area (Å²) in [5.74, 6) is 0.908. The van der Waals surface area contributed by atoms with Crippen molar-refractivity contribution in [1.82, 2.24) is 14.3 Å². The largest absolute Gasteiger partial charge is 0.337 e. The molecular formula is C10H19N3OS. The molecule has 86 valence electrons. The second kappa shape index (κ2) is 4.45. The van der Waals surface area contributed by atoms with Crippen LogP contribution in [0.3, 0.4) is 0 Å². The molecule has 0 aromatic carbocycles. The highest BCUT2D eigenvalue weighted by Crippen LogP contribution is 2.09. The van der Waals surface area contributed by atoms with Crippen molar-refractivity contribution in [2.24, 2.45) is 7.05 Å². The summed E-state index contributed by atoms with van der Waals surface area (Å²) in [6.45, 7) is 8.32. The van der Waals surface area contributed by atoms with Crippen molar-refractivity contribution in [3.8, 4) is 0 Å². The fourth-order valence-corrected chi connectivity index (χ4v) is 1.87. The first kappa shape index (κ1) is 12.4. The van der Waals surface area contributed by atoms with E-state index in [1.165, 1.54) is 0 Å². The van der Waals surface area contributed by atoms with Crippen molar-refractivity contribution < 1.29 is 4.21 Å². The number of aromatic nitrogens is 2. The van der Waals surface area contributed by atoms with Crippen molar-refractivity contribution in [1.29, 1.82) is 0 Å². The summed E-state index contributed by atoms with van der Waals surface area (Å²) in [4.78, 5) is 4.33. The predicted molar refractivity (Wildman–Crippen MR) is 62.7 cm³/mol. The van der Waals surface area contributed by atoms with Crippen molar-refractivity contribution >= 4 is 11.0 Å². The van der Waals surface area contributed by atoms with E-state index in [1.54, 1.807) is 0 Å². The maximum Gasteiger partial charge on any atom is 0.123 e. The van der Waals surface area contributed by atoms with Crippen LogP contribution in [0.5, 0.6) is 0 Å². The lowest BCUT2D eigenvalue weighted by molar-refractivity contribution is 0.629. The molecule has 0 aliphatic rings. The smallest absolute Gasteiger partial charge is 0.123 e. The minimum absolute atomic E-state index is 0.236. The summed E-state index contributed by atoms with van der Waals surface area (Å²) >= 11 is 0. The minimum Gasteiger partial charge on any atom is -0.337 e. The third-order valence-electron chi connectivity index (χ3n) is 2.01. The molecule has 0 spiro atoms. The molecule has 15 heavy (non-hydrogen) atoms. The molecule has 0 fully saturated rings. The van der Waals surface area contributed by atoms with Gasteiger partial charge in [0.1, 0.15) is 5.82 Å². The van der Waals surface area contributed by atoms with E-state index in [9.17, 15) is 4.21 Å². The molecule has 1 atom stereocenters. The van der Waals surface area contributed by atoms with Crippen LogP contribution in [0, 0.1) is 6.92 Å². The zero-order valence-corrected chi connectivity index (χ0v) is 10.8. The Labute approximate surface area is 93.7 Å². The molecule has 1 aromatic heterocycles. The van der Waals surface area contributed by atoms with Crippen LogP contribution < -0.4 is 4.72 Å². The molecule has 0 bridgehead atoms. The highest BCUT2D eigenvalue weighted by molar-refractivity contribution is 7.84. The van der Waals surface area contributed by atoms with Gasteiger partial charge in [0.05, 0.1) is 28.0 Å². The van der Waals surface area contributed by atoms with Crippen molar-refractivity contribution in [3.05, 3.63) is 17.7 Å². The molecule has 1 unspecified atom stereocenters. The molecule has 4 nitrogen and oxygen atoms in total. The summed E-state index contributed by atoms with van der Waals surface area (Å²) in [6.07, 6.45) is 1.96. The van der Waals surface area contributed by atoms with E-state index in [0.29, 0.717) is 6.54 Å². The van der Waals surface area contributed by atoms with Gasteiger partial charge in [-0.05, 0) is 27.7 Å². The zero-order valence-electron chi connectivity index (χ0n) is 10.00. The Morgan fingerprint density at radius 2 is 2.13 bits per heavy atom. The Hall–Kier alpha value is -0.680. The predicted octanol–water partition coefficient (Wildman–Crippen LogP) is 1.28. The second-order valence-electron chi connectivity index (χ2n) is 4.61. The van der Waals surface area contributed by atoms with Gasteiger partial charge in [0, 0.05) is 13.2 Å². The van der Waals surface area contributed by atoms with Gasteiger partial charge in [-0.2, -0.15) is 0 Å². The van der Waals surface area contributed by atoms with E-state index < -0.39 is 11.0 Å². The molecule has 0 saturated carbocycles. The molecule has 0 aliphatic heterocycles. The SMILES string of the molecule is Cc1cn(C)c(CNS(=O)C(C)(C)C)n1. The standard InChI is InChI=1S/C10H19N3OS/c1-8-7-13(5)9(12-8)6-11-15(14)10(2,3)4/h7,11H,6H2,1-5H3. The summed E-state index contributed by atoms with van der Waals surface area (Å²) in [7, 11) is 0.901. The number of hydrogen-bond donors (Lipinski definition) is 1. The molecule has 1 heterocycles. The molecule has 0 saturated heterocycles. The van der Waals surface area contributed by atoms with Gasteiger partial charge >= 0.3 is 0 Å². The highest BCUT2D eigenvalue weighted by atomic mass is 32.2. The zero-order chi connectivity index (χ0) is 11.6. The van der Waals surface area contributed by atoms with Crippen molar-refractivity contribution in [3.63, 3.8) is 0 Å². The van der Waals surface area contributed by atoms with Gasteiger partial charge in [-0.15, -0.1) is 0 Å². The third kappa shape index (κ3) is 3.43.